The highest BCUT2D eigenvalue weighted by Gasteiger charge is 2.25. The summed E-state index contributed by atoms with van der Waals surface area (Å²) in [6.45, 7) is 1.44. The summed E-state index contributed by atoms with van der Waals surface area (Å²) in [5.74, 6) is -1.60. The molecule has 1 N–H and O–H groups in total. The van der Waals surface area contributed by atoms with Crippen molar-refractivity contribution in [2.45, 2.75) is 12.6 Å². The molecule has 0 atom stereocenters. The van der Waals surface area contributed by atoms with Gasteiger partial charge in [-0.3, -0.25) is 4.90 Å². The van der Waals surface area contributed by atoms with Crippen LogP contribution < -0.4 is 0 Å². The summed E-state index contributed by atoms with van der Waals surface area (Å²) in [5, 5.41) is 9.01. The molecule has 0 unspecified atom stereocenters. The maximum absolute atomic E-state index is 13.2. The molecule has 0 aliphatic carbocycles. The van der Waals surface area contributed by atoms with Crippen LogP contribution in [-0.4, -0.2) is 29.2 Å². The van der Waals surface area contributed by atoms with Gasteiger partial charge in [0.05, 0.1) is 6.10 Å². The van der Waals surface area contributed by atoms with Gasteiger partial charge in [-0.05, 0) is 6.07 Å². The van der Waals surface area contributed by atoms with E-state index in [1.807, 2.05) is 4.90 Å². The Hall–Kier alpha value is -1.00. The van der Waals surface area contributed by atoms with Crippen LogP contribution in [-0.2, 0) is 6.54 Å². The van der Waals surface area contributed by atoms with Crippen LogP contribution in [0.3, 0.4) is 0 Å². The predicted molar refractivity (Wildman–Crippen MR) is 47.6 cm³/mol. The third-order valence-corrected chi connectivity index (χ3v) is 2.36. The van der Waals surface area contributed by atoms with E-state index < -0.39 is 11.6 Å². The molecule has 0 spiro atoms. The van der Waals surface area contributed by atoms with Crippen molar-refractivity contribution in [3.63, 3.8) is 0 Å². The van der Waals surface area contributed by atoms with E-state index in [0.29, 0.717) is 25.2 Å². The first kappa shape index (κ1) is 9.55. The quantitative estimate of drug-likeness (QED) is 0.772. The summed E-state index contributed by atoms with van der Waals surface area (Å²) in [5.41, 5.74) is 0.344. The zero-order valence-corrected chi connectivity index (χ0v) is 7.58. The van der Waals surface area contributed by atoms with Crippen molar-refractivity contribution in [2.75, 3.05) is 13.1 Å². The van der Waals surface area contributed by atoms with E-state index in [4.69, 9.17) is 5.11 Å². The Bertz CT molecular complexity index is 337. The molecule has 1 heterocycles. The molecule has 0 saturated carbocycles. The van der Waals surface area contributed by atoms with Crippen molar-refractivity contribution in [1.29, 1.82) is 0 Å². The summed E-state index contributed by atoms with van der Waals surface area (Å²) in [6.07, 6.45) is -0.313. The van der Waals surface area contributed by atoms with Crippen LogP contribution >= 0.6 is 0 Å². The van der Waals surface area contributed by atoms with Gasteiger partial charge in [0.2, 0.25) is 0 Å². The number of halogens is 2. The Kier molecular flexibility index (Phi) is 2.48. The minimum absolute atomic E-state index is 0.313. The molecule has 1 aliphatic heterocycles. The van der Waals surface area contributed by atoms with Gasteiger partial charge in [-0.2, -0.15) is 0 Å². The molecule has 1 aromatic rings. The predicted octanol–water partition coefficient (Wildman–Crippen LogP) is 1.14. The van der Waals surface area contributed by atoms with Crippen LogP contribution in [0, 0.1) is 11.6 Å². The number of aliphatic hydroxyl groups is 1. The number of hydrogen-bond acceptors (Lipinski definition) is 2. The average Bonchev–Trinajstić information content (AvgIpc) is 2.10. The first-order valence-electron chi connectivity index (χ1n) is 4.50. The molecular weight excluding hydrogens is 188 g/mol. The number of nitrogens with zero attached hydrogens (tertiary/aromatic N) is 1. The van der Waals surface area contributed by atoms with Crippen LogP contribution in [0.1, 0.15) is 5.56 Å². The maximum Gasteiger partial charge on any atom is 0.163 e. The van der Waals surface area contributed by atoms with Crippen molar-refractivity contribution in [3.05, 3.63) is 35.4 Å². The van der Waals surface area contributed by atoms with Gasteiger partial charge in [-0.15, -0.1) is 0 Å². The number of rotatable bonds is 2. The van der Waals surface area contributed by atoms with Gasteiger partial charge in [0, 0.05) is 25.2 Å². The monoisotopic (exact) mass is 199 g/mol. The SMILES string of the molecule is OC1CN(Cc2cccc(F)c2F)C1. The van der Waals surface area contributed by atoms with Crippen molar-refractivity contribution in [3.8, 4) is 0 Å². The van der Waals surface area contributed by atoms with Gasteiger partial charge < -0.3 is 5.11 Å². The molecule has 2 rings (SSSR count). The van der Waals surface area contributed by atoms with Crippen LogP contribution in [0.5, 0.6) is 0 Å². The number of hydrogen-bond donors (Lipinski definition) is 1. The van der Waals surface area contributed by atoms with Crippen molar-refractivity contribution in [2.24, 2.45) is 0 Å². The van der Waals surface area contributed by atoms with Gasteiger partial charge in [0.25, 0.3) is 0 Å². The van der Waals surface area contributed by atoms with Crippen molar-refractivity contribution < 1.29 is 13.9 Å². The lowest BCUT2D eigenvalue weighted by Gasteiger charge is -2.35. The Morgan fingerprint density at radius 1 is 1.36 bits per heavy atom. The third-order valence-electron chi connectivity index (χ3n) is 2.36. The van der Waals surface area contributed by atoms with E-state index in [9.17, 15) is 8.78 Å². The lowest BCUT2D eigenvalue weighted by Crippen LogP contribution is -2.49. The minimum Gasteiger partial charge on any atom is -0.390 e. The van der Waals surface area contributed by atoms with E-state index in [1.165, 1.54) is 6.07 Å². The van der Waals surface area contributed by atoms with E-state index in [-0.39, 0.29) is 6.10 Å². The molecule has 4 heteroatoms. The number of β-amino-alcohol motifs (C(OH)–C–C–N with tert-alkyl or cyclic N) is 1. The van der Waals surface area contributed by atoms with Crippen molar-refractivity contribution in [1.82, 2.24) is 4.90 Å². The first-order chi connectivity index (χ1) is 6.66. The fourth-order valence-electron chi connectivity index (χ4n) is 1.58. The summed E-state index contributed by atoms with van der Waals surface area (Å²) in [6, 6.07) is 4.15. The highest BCUT2D eigenvalue weighted by Crippen LogP contribution is 2.17. The maximum atomic E-state index is 13.2. The number of likely N-dealkylation sites (tertiary alicyclic amines) is 1. The van der Waals surface area contributed by atoms with Gasteiger partial charge in [0.1, 0.15) is 0 Å². The lowest BCUT2D eigenvalue weighted by atomic mass is 10.1. The molecule has 1 aliphatic rings. The summed E-state index contributed by atoms with van der Waals surface area (Å²) in [7, 11) is 0. The van der Waals surface area contributed by atoms with Gasteiger partial charge in [0.15, 0.2) is 11.6 Å². The van der Waals surface area contributed by atoms with Crippen LogP contribution in [0.15, 0.2) is 18.2 Å². The van der Waals surface area contributed by atoms with Crippen LogP contribution in [0.25, 0.3) is 0 Å². The van der Waals surface area contributed by atoms with E-state index >= 15 is 0 Å². The molecule has 1 saturated heterocycles. The van der Waals surface area contributed by atoms with Gasteiger partial charge in [-0.1, -0.05) is 12.1 Å². The van der Waals surface area contributed by atoms with E-state index in [1.54, 1.807) is 6.07 Å². The molecule has 1 aromatic carbocycles. The second-order valence-electron chi connectivity index (χ2n) is 3.56. The molecular formula is C10H11F2NO. The lowest BCUT2D eigenvalue weighted by molar-refractivity contribution is -0.00350. The Morgan fingerprint density at radius 3 is 2.71 bits per heavy atom. The smallest absolute Gasteiger partial charge is 0.163 e. The van der Waals surface area contributed by atoms with E-state index in [0.717, 1.165) is 6.07 Å². The minimum atomic E-state index is -0.816. The fraction of sp³-hybridized carbons (Fsp3) is 0.400. The molecule has 0 amide bonds. The zero-order valence-electron chi connectivity index (χ0n) is 7.58. The highest BCUT2D eigenvalue weighted by atomic mass is 19.2. The molecule has 1 fully saturated rings. The number of aliphatic hydroxyl groups excluding tert-OH is 1. The topological polar surface area (TPSA) is 23.5 Å². The van der Waals surface area contributed by atoms with Crippen LogP contribution in [0.4, 0.5) is 8.78 Å². The molecule has 76 valence electrons. The molecule has 0 aromatic heterocycles. The Morgan fingerprint density at radius 2 is 2.07 bits per heavy atom. The summed E-state index contributed by atoms with van der Waals surface area (Å²) < 4.78 is 25.9. The second kappa shape index (κ2) is 3.63. The Balaban J connectivity index is 2.06. The largest absolute Gasteiger partial charge is 0.390 e. The first-order valence-corrected chi connectivity index (χ1v) is 4.50. The fourth-order valence-corrected chi connectivity index (χ4v) is 1.58. The second-order valence-corrected chi connectivity index (χ2v) is 3.56. The Labute approximate surface area is 80.8 Å². The molecule has 14 heavy (non-hydrogen) atoms. The number of benzene rings is 1. The normalized spacial score (nSPS) is 18.2. The van der Waals surface area contributed by atoms with Crippen LogP contribution in [0.2, 0.25) is 0 Å². The average molecular weight is 199 g/mol. The summed E-state index contributed by atoms with van der Waals surface area (Å²) >= 11 is 0. The summed E-state index contributed by atoms with van der Waals surface area (Å²) in [4.78, 5) is 1.86. The highest BCUT2D eigenvalue weighted by molar-refractivity contribution is 5.19. The van der Waals surface area contributed by atoms with E-state index in [2.05, 4.69) is 0 Å². The van der Waals surface area contributed by atoms with Crippen molar-refractivity contribution >= 4 is 0 Å². The van der Waals surface area contributed by atoms with Gasteiger partial charge in [-0.25, -0.2) is 8.78 Å². The molecule has 0 radical (unpaired) electrons. The molecule has 2 nitrogen and oxygen atoms in total. The van der Waals surface area contributed by atoms with Gasteiger partial charge >= 0.3 is 0 Å². The zero-order chi connectivity index (χ0) is 10.1. The molecule has 0 bridgehead atoms. The standard InChI is InChI=1S/C10H11F2NO/c11-9-3-1-2-7(10(9)12)4-13-5-8(14)6-13/h1-3,8,14H,4-6H2. The third kappa shape index (κ3) is 1.76.